The number of benzene rings is 2. The fourth-order valence-corrected chi connectivity index (χ4v) is 2.74. The fraction of sp³-hybridized carbons (Fsp3) is 0.0500. The highest BCUT2D eigenvalue weighted by Gasteiger charge is 2.13. The number of nitrogens with zero attached hydrogens (tertiary/aromatic N) is 2. The van der Waals surface area contributed by atoms with Gasteiger partial charge in [0.2, 0.25) is 0 Å². The number of carbonyl (C=O) groups is 1. The third kappa shape index (κ3) is 2.99. The lowest BCUT2D eigenvalue weighted by molar-refractivity contribution is 0.102. The molecule has 4 rings (SSSR count). The van der Waals surface area contributed by atoms with Crippen molar-refractivity contribution < 1.29 is 4.79 Å². The molecule has 4 aromatic rings. The number of imidazole rings is 1. The number of para-hydroxylation sites is 1. The van der Waals surface area contributed by atoms with E-state index in [1.807, 2.05) is 43.3 Å². The quantitative estimate of drug-likeness (QED) is 0.592. The van der Waals surface area contributed by atoms with Gasteiger partial charge < -0.3 is 10.3 Å². The number of anilines is 1. The van der Waals surface area contributed by atoms with Crippen LogP contribution in [0.25, 0.3) is 22.4 Å². The fourth-order valence-electron chi connectivity index (χ4n) is 2.74. The first-order valence-corrected chi connectivity index (χ1v) is 7.98. The van der Waals surface area contributed by atoms with Crippen molar-refractivity contribution in [1.29, 1.82) is 0 Å². The van der Waals surface area contributed by atoms with Crippen molar-refractivity contribution in [2.75, 3.05) is 5.32 Å². The Balaban J connectivity index is 1.72. The first kappa shape index (κ1) is 15.1. The second-order valence-corrected chi connectivity index (χ2v) is 5.85. The molecule has 1 amide bonds. The van der Waals surface area contributed by atoms with Gasteiger partial charge in [0.25, 0.3) is 5.91 Å². The van der Waals surface area contributed by atoms with Gasteiger partial charge in [-0.3, -0.25) is 9.78 Å². The zero-order valence-electron chi connectivity index (χ0n) is 13.7. The Morgan fingerprint density at radius 2 is 1.96 bits per heavy atom. The Hall–Kier alpha value is -3.47. The number of aromatic amines is 1. The van der Waals surface area contributed by atoms with Crippen molar-refractivity contribution in [1.82, 2.24) is 15.0 Å². The van der Waals surface area contributed by atoms with E-state index in [0.29, 0.717) is 11.3 Å². The Morgan fingerprint density at radius 1 is 1.08 bits per heavy atom. The summed E-state index contributed by atoms with van der Waals surface area (Å²) in [5, 5.41) is 2.94. The summed E-state index contributed by atoms with van der Waals surface area (Å²) in [5.41, 5.74) is 5.09. The number of carbonyl (C=O) groups excluding carboxylic acids is 1. The molecule has 2 aromatic heterocycles. The van der Waals surface area contributed by atoms with Gasteiger partial charge in [-0.2, -0.15) is 0 Å². The molecule has 2 aromatic carbocycles. The molecule has 0 saturated carbocycles. The van der Waals surface area contributed by atoms with Gasteiger partial charge >= 0.3 is 0 Å². The molecule has 0 aliphatic heterocycles. The number of nitrogens with one attached hydrogen (secondary N) is 2. The van der Waals surface area contributed by atoms with Crippen molar-refractivity contribution in [2.45, 2.75) is 6.92 Å². The number of hydrogen-bond acceptors (Lipinski definition) is 3. The molecule has 0 spiro atoms. The molecule has 0 atom stereocenters. The monoisotopic (exact) mass is 328 g/mol. The van der Waals surface area contributed by atoms with E-state index in [9.17, 15) is 4.79 Å². The SMILES string of the molecule is Cc1ccc2nc(-c3ccccc3NC(=O)c3cccnc3)[nH]c2c1. The first-order valence-electron chi connectivity index (χ1n) is 7.98. The molecular formula is C20H16N4O. The lowest BCUT2D eigenvalue weighted by Gasteiger charge is -2.09. The predicted molar refractivity (Wildman–Crippen MR) is 98.5 cm³/mol. The van der Waals surface area contributed by atoms with Crippen LogP contribution in [0.4, 0.5) is 5.69 Å². The summed E-state index contributed by atoms with van der Waals surface area (Å²) < 4.78 is 0. The van der Waals surface area contributed by atoms with Crippen LogP contribution in [0, 0.1) is 6.92 Å². The molecule has 25 heavy (non-hydrogen) atoms. The van der Waals surface area contributed by atoms with E-state index >= 15 is 0 Å². The van der Waals surface area contributed by atoms with E-state index in [2.05, 4.69) is 26.3 Å². The zero-order valence-corrected chi connectivity index (χ0v) is 13.7. The molecule has 0 radical (unpaired) electrons. The first-order chi connectivity index (χ1) is 12.2. The lowest BCUT2D eigenvalue weighted by atomic mass is 10.1. The number of fused-ring (bicyclic) bond motifs is 1. The minimum atomic E-state index is -0.201. The average Bonchev–Trinajstić information content (AvgIpc) is 3.06. The van der Waals surface area contributed by atoms with Gasteiger partial charge in [-0.1, -0.05) is 18.2 Å². The second kappa shape index (κ2) is 6.20. The standard InChI is InChI=1S/C20H16N4O/c1-13-8-9-17-18(11-13)23-19(22-17)15-6-2-3-7-16(15)24-20(25)14-5-4-10-21-12-14/h2-12H,1H3,(H,22,23)(H,24,25). The number of aromatic nitrogens is 3. The summed E-state index contributed by atoms with van der Waals surface area (Å²) in [5.74, 6) is 0.523. The molecule has 2 N–H and O–H groups in total. The van der Waals surface area contributed by atoms with E-state index in [1.54, 1.807) is 24.5 Å². The number of rotatable bonds is 3. The highest BCUT2D eigenvalue weighted by Crippen LogP contribution is 2.28. The summed E-state index contributed by atoms with van der Waals surface area (Å²) in [6, 6.07) is 17.2. The smallest absolute Gasteiger partial charge is 0.257 e. The third-order valence-corrected chi connectivity index (χ3v) is 3.99. The van der Waals surface area contributed by atoms with Crippen LogP contribution in [0.15, 0.2) is 67.0 Å². The van der Waals surface area contributed by atoms with Gasteiger partial charge in [-0.25, -0.2) is 4.98 Å². The van der Waals surface area contributed by atoms with E-state index in [-0.39, 0.29) is 5.91 Å². The van der Waals surface area contributed by atoms with Crippen LogP contribution in [0.1, 0.15) is 15.9 Å². The van der Waals surface area contributed by atoms with Gasteiger partial charge in [-0.05, 0) is 48.9 Å². The van der Waals surface area contributed by atoms with Crippen molar-refractivity contribution in [3.05, 3.63) is 78.1 Å². The largest absolute Gasteiger partial charge is 0.338 e. The predicted octanol–water partition coefficient (Wildman–Crippen LogP) is 4.19. The molecule has 5 nitrogen and oxygen atoms in total. The normalized spacial score (nSPS) is 10.8. The maximum Gasteiger partial charge on any atom is 0.257 e. The van der Waals surface area contributed by atoms with Gasteiger partial charge in [0.1, 0.15) is 5.82 Å². The zero-order chi connectivity index (χ0) is 17.2. The molecule has 2 heterocycles. The summed E-state index contributed by atoms with van der Waals surface area (Å²) in [7, 11) is 0. The molecule has 0 unspecified atom stereocenters. The van der Waals surface area contributed by atoms with Crippen molar-refractivity contribution in [3.8, 4) is 11.4 Å². The maximum absolute atomic E-state index is 12.4. The van der Waals surface area contributed by atoms with E-state index < -0.39 is 0 Å². The molecule has 0 aliphatic rings. The van der Waals surface area contributed by atoms with Crippen LogP contribution in [-0.4, -0.2) is 20.9 Å². The van der Waals surface area contributed by atoms with Gasteiger partial charge in [0.15, 0.2) is 0 Å². The topological polar surface area (TPSA) is 70.7 Å². The van der Waals surface area contributed by atoms with Crippen LogP contribution in [0.2, 0.25) is 0 Å². The number of H-pyrrole nitrogens is 1. The number of pyridine rings is 1. The van der Waals surface area contributed by atoms with E-state index in [0.717, 1.165) is 22.4 Å². The summed E-state index contributed by atoms with van der Waals surface area (Å²) in [6.45, 7) is 2.04. The Labute approximate surface area is 144 Å². The second-order valence-electron chi connectivity index (χ2n) is 5.85. The maximum atomic E-state index is 12.4. The summed E-state index contributed by atoms with van der Waals surface area (Å²) >= 11 is 0. The Bertz CT molecular complexity index is 1050. The van der Waals surface area contributed by atoms with Crippen molar-refractivity contribution in [3.63, 3.8) is 0 Å². The molecular weight excluding hydrogens is 312 g/mol. The van der Waals surface area contributed by atoms with E-state index in [4.69, 9.17) is 0 Å². The minimum Gasteiger partial charge on any atom is -0.338 e. The van der Waals surface area contributed by atoms with Crippen LogP contribution in [0.5, 0.6) is 0 Å². The molecule has 5 heteroatoms. The van der Waals surface area contributed by atoms with Crippen LogP contribution >= 0.6 is 0 Å². The minimum absolute atomic E-state index is 0.201. The molecule has 0 saturated heterocycles. The Morgan fingerprint density at radius 3 is 2.80 bits per heavy atom. The van der Waals surface area contributed by atoms with Gasteiger partial charge in [0, 0.05) is 18.0 Å². The van der Waals surface area contributed by atoms with Crippen molar-refractivity contribution in [2.24, 2.45) is 0 Å². The summed E-state index contributed by atoms with van der Waals surface area (Å²) in [6.07, 6.45) is 3.18. The third-order valence-electron chi connectivity index (χ3n) is 3.99. The summed E-state index contributed by atoms with van der Waals surface area (Å²) in [4.78, 5) is 24.4. The average molecular weight is 328 g/mol. The molecule has 122 valence electrons. The molecule has 0 aliphatic carbocycles. The molecule has 0 fully saturated rings. The van der Waals surface area contributed by atoms with Crippen LogP contribution < -0.4 is 5.32 Å². The van der Waals surface area contributed by atoms with E-state index in [1.165, 1.54) is 5.56 Å². The number of hydrogen-bond donors (Lipinski definition) is 2. The Kier molecular flexibility index (Phi) is 3.74. The van der Waals surface area contributed by atoms with Gasteiger partial charge in [-0.15, -0.1) is 0 Å². The number of amides is 1. The lowest BCUT2D eigenvalue weighted by Crippen LogP contribution is -2.12. The molecule has 0 bridgehead atoms. The van der Waals surface area contributed by atoms with Crippen molar-refractivity contribution >= 4 is 22.6 Å². The van der Waals surface area contributed by atoms with Gasteiger partial charge in [0.05, 0.1) is 22.3 Å². The highest BCUT2D eigenvalue weighted by molar-refractivity contribution is 6.06. The van der Waals surface area contributed by atoms with Crippen LogP contribution in [0.3, 0.4) is 0 Å². The highest BCUT2D eigenvalue weighted by atomic mass is 16.1. The van der Waals surface area contributed by atoms with Crippen LogP contribution in [-0.2, 0) is 0 Å². The number of aryl methyl sites for hydroxylation is 1.